The van der Waals surface area contributed by atoms with E-state index >= 15 is 0 Å². The Morgan fingerprint density at radius 2 is 1.67 bits per heavy atom. The van der Waals surface area contributed by atoms with Crippen LogP contribution in [0.2, 0.25) is 0 Å². The van der Waals surface area contributed by atoms with Crippen LogP contribution in [0.3, 0.4) is 0 Å². The van der Waals surface area contributed by atoms with Crippen molar-refractivity contribution in [3.63, 3.8) is 0 Å². The normalized spacial score (nSPS) is 10.1. The van der Waals surface area contributed by atoms with Gasteiger partial charge in [-0.1, -0.05) is 37.4 Å². The highest BCUT2D eigenvalue weighted by Gasteiger charge is 2.08. The van der Waals surface area contributed by atoms with Gasteiger partial charge in [-0.05, 0) is 42.5 Å². The minimum Gasteiger partial charge on any atom is -0.463 e. The predicted molar refractivity (Wildman–Crippen MR) is 102 cm³/mol. The average Bonchev–Trinajstić information content (AvgIpc) is 2.68. The number of benzene rings is 2. The molecule has 0 amide bonds. The highest BCUT2D eigenvalue weighted by Crippen LogP contribution is 2.27. The molecule has 2 rings (SSSR count). The maximum absolute atomic E-state index is 14.3. The monoisotopic (exact) mass is 368 g/mol. The van der Waals surface area contributed by atoms with Gasteiger partial charge in [0.2, 0.25) is 0 Å². The molecule has 0 aromatic heterocycles. The molecule has 0 atom stereocenters. The summed E-state index contributed by atoms with van der Waals surface area (Å²) in [5.41, 5.74) is 2.28. The Hall–Kier alpha value is -3.21. The maximum Gasteiger partial charge on any atom is 0.335 e. The molecule has 0 saturated carbocycles. The molecule has 2 aromatic rings. The van der Waals surface area contributed by atoms with Crippen molar-refractivity contribution in [2.24, 2.45) is 0 Å². The van der Waals surface area contributed by atoms with Gasteiger partial charge in [0, 0.05) is 23.8 Å². The molecule has 0 aliphatic rings. The molecule has 27 heavy (non-hydrogen) atoms. The number of ether oxygens (including phenoxy) is 2. The summed E-state index contributed by atoms with van der Waals surface area (Å²) in [4.78, 5) is 22.1. The molecule has 4 nitrogen and oxygen atoms in total. The van der Waals surface area contributed by atoms with Gasteiger partial charge in [-0.15, -0.1) is 0 Å². The summed E-state index contributed by atoms with van der Waals surface area (Å²) in [7, 11) is 0. The van der Waals surface area contributed by atoms with Crippen molar-refractivity contribution in [1.29, 1.82) is 0 Å². The van der Waals surface area contributed by atoms with E-state index in [0.29, 0.717) is 12.2 Å². The summed E-state index contributed by atoms with van der Waals surface area (Å²) < 4.78 is 24.1. The van der Waals surface area contributed by atoms with Crippen LogP contribution in [-0.4, -0.2) is 18.5 Å². The first kappa shape index (κ1) is 20.1. The SMILES string of the molecule is C=CC(=O)OCCCCc1ccc(-c2ccc(OC(=O)C=C)cc2F)cc1. The molecule has 140 valence electrons. The van der Waals surface area contributed by atoms with E-state index in [-0.39, 0.29) is 5.75 Å². The fourth-order valence-electron chi connectivity index (χ4n) is 2.47. The predicted octanol–water partition coefficient (Wildman–Crippen LogP) is 4.64. The first-order valence-corrected chi connectivity index (χ1v) is 8.56. The lowest BCUT2D eigenvalue weighted by Crippen LogP contribution is -2.03. The van der Waals surface area contributed by atoms with Gasteiger partial charge in [0.15, 0.2) is 0 Å². The van der Waals surface area contributed by atoms with Crippen molar-refractivity contribution < 1.29 is 23.5 Å². The fraction of sp³-hybridized carbons (Fsp3) is 0.182. The third kappa shape index (κ3) is 6.22. The highest BCUT2D eigenvalue weighted by atomic mass is 19.1. The van der Waals surface area contributed by atoms with Crippen molar-refractivity contribution in [1.82, 2.24) is 0 Å². The summed E-state index contributed by atoms with van der Waals surface area (Å²) in [6.07, 6.45) is 4.65. The van der Waals surface area contributed by atoms with E-state index in [9.17, 15) is 14.0 Å². The van der Waals surface area contributed by atoms with Gasteiger partial charge in [0.1, 0.15) is 11.6 Å². The summed E-state index contributed by atoms with van der Waals surface area (Å²) in [6.45, 7) is 7.01. The molecule has 0 spiro atoms. The largest absolute Gasteiger partial charge is 0.463 e. The zero-order chi connectivity index (χ0) is 19.6. The first-order chi connectivity index (χ1) is 13.0. The summed E-state index contributed by atoms with van der Waals surface area (Å²) in [6, 6.07) is 11.9. The van der Waals surface area contributed by atoms with Crippen LogP contribution in [0.5, 0.6) is 5.75 Å². The van der Waals surface area contributed by atoms with Gasteiger partial charge in [-0.25, -0.2) is 14.0 Å². The van der Waals surface area contributed by atoms with Gasteiger partial charge in [0.25, 0.3) is 0 Å². The Labute approximate surface area is 157 Å². The van der Waals surface area contributed by atoms with Crippen LogP contribution in [-0.2, 0) is 20.7 Å². The number of carbonyl (C=O) groups is 2. The number of unbranched alkanes of at least 4 members (excludes halogenated alkanes) is 1. The zero-order valence-corrected chi connectivity index (χ0v) is 14.9. The lowest BCUT2D eigenvalue weighted by Gasteiger charge is -2.08. The zero-order valence-electron chi connectivity index (χ0n) is 14.9. The van der Waals surface area contributed by atoms with Crippen LogP contribution in [0.4, 0.5) is 4.39 Å². The molecular formula is C22H21FO4. The van der Waals surface area contributed by atoms with Crippen molar-refractivity contribution in [3.05, 3.63) is 79.2 Å². The van der Waals surface area contributed by atoms with E-state index in [0.717, 1.165) is 42.5 Å². The molecular weight excluding hydrogens is 347 g/mol. The Balaban J connectivity index is 1.92. The van der Waals surface area contributed by atoms with Crippen molar-refractivity contribution in [2.75, 3.05) is 6.61 Å². The standard InChI is InChI=1S/C22H21FO4/c1-3-21(24)26-14-6-5-7-16-8-10-17(11-9-16)19-13-12-18(15-20(19)23)27-22(25)4-2/h3-4,8-13,15H,1-2,5-7,14H2. The quantitative estimate of drug-likeness (QED) is 0.280. The Bertz CT molecular complexity index is 825. The van der Waals surface area contributed by atoms with E-state index in [1.54, 1.807) is 6.07 Å². The lowest BCUT2D eigenvalue weighted by atomic mass is 10.0. The molecule has 0 unspecified atom stereocenters. The number of hydrogen-bond acceptors (Lipinski definition) is 4. The summed E-state index contributed by atoms with van der Waals surface area (Å²) in [5, 5.41) is 0. The number of rotatable bonds is 9. The number of aryl methyl sites for hydroxylation is 1. The molecule has 0 heterocycles. The maximum atomic E-state index is 14.3. The highest BCUT2D eigenvalue weighted by molar-refractivity contribution is 5.83. The summed E-state index contributed by atoms with van der Waals surface area (Å²) >= 11 is 0. The van der Waals surface area contributed by atoms with E-state index in [2.05, 4.69) is 13.2 Å². The van der Waals surface area contributed by atoms with Crippen LogP contribution in [0.25, 0.3) is 11.1 Å². The molecule has 0 N–H and O–H groups in total. The minimum atomic E-state index is -0.634. The minimum absolute atomic E-state index is 0.134. The van der Waals surface area contributed by atoms with Gasteiger partial charge < -0.3 is 9.47 Å². The molecule has 0 radical (unpaired) electrons. The van der Waals surface area contributed by atoms with Gasteiger partial charge in [-0.2, -0.15) is 0 Å². The Morgan fingerprint density at radius 1 is 0.963 bits per heavy atom. The molecule has 5 heteroatoms. The number of hydrogen-bond donors (Lipinski definition) is 0. The fourth-order valence-corrected chi connectivity index (χ4v) is 2.47. The van der Waals surface area contributed by atoms with Crippen molar-refractivity contribution >= 4 is 11.9 Å². The second kappa shape index (κ2) is 10.1. The topological polar surface area (TPSA) is 52.6 Å². The molecule has 0 aliphatic carbocycles. The smallest absolute Gasteiger partial charge is 0.335 e. The van der Waals surface area contributed by atoms with Crippen LogP contribution < -0.4 is 4.74 Å². The number of esters is 2. The van der Waals surface area contributed by atoms with Crippen molar-refractivity contribution in [3.8, 4) is 16.9 Å². The van der Waals surface area contributed by atoms with Gasteiger partial charge in [-0.3, -0.25) is 0 Å². The number of halogens is 1. The molecule has 2 aromatic carbocycles. The average molecular weight is 368 g/mol. The second-order valence-corrected chi connectivity index (χ2v) is 5.79. The van der Waals surface area contributed by atoms with E-state index in [1.807, 2.05) is 24.3 Å². The van der Waals surface area contributed by atoms with E-state index in [1.165, 1.54) is 12.1 Å². The van der Waals surface area contributed by atoms with Crippen LogP contribution in [0, 0.1) is 5.82 Å². The van der Waals surface area contributed by atoms with E-state index < -0.39 is 17.8 Å². The van der Waals surface area contributed by atoms with E-state index in [4.69, 9.17) is 9.47 Å². The van der Waals surface area contributed by atoms with Crippen LogP contribution >= 0.6 is 0 Å². The van der Waals surface area contributed by atoms with Crippen LogP contribution in [0.1, 0.15) is 18.4 Å². The van der Waals surface area contributed by atoms with Gasteiger partial charge in [0.05, 0.1) is 6.61 Å². The molecule has 0 aliphatic heterocycles. The summed E-state index contributed by atoms with van der Waals surface area (Å²) in [5.74, 6) is -1.38. The second-order valence-electron chi connectivity index (χ2n) is 5.79. The van der Waals surface area contributed by atoms with Crippen molar-refractivity contribution in [2.45, 2.75) is 19.3 Å². The Morgan fingerprint density at radius 3 is 2.30 bits per heavy atom. The first-order valence-electron chi connectivity index (χ1n) is 8.56. The molecule has 0 saturated heterocycles. The third-order valence-electron chi connectivity index (χ3n) is 3.86. The molecule has 0 bridgehead atoms. The number of carbonyl (C=O) groups excluding carboxylic acids is 2. The third-order valence-corrected chi connectivity index (χ3v) is 3.86. The Kier molecular flexibility index (Phi) is 7.49. The molecule has 0 fully saturated rings. The van der Waals surface area contributed by atoms with Gasteiger partial charge >= 0.3 is 11.9 Å². The lowest BCUT2D eigenvalue weighted by molar-refractivity contribution is -0.137. The van der Waals surface area contributed by atoms with Crippen LogP contribution in [0.15, 0.2) is 67.8 Å².